The smallest absolute Gasteiger partial charge is 0.255 e. The zero-order valence-corrected chi connectivity index (χ0v) is 20.2. The van der Waals surface area contributed by atoms with Crippen molar-refractivity contribution in [1.82, 2.24) is 10.2 Å². The molecule has 176 valence electrons. The van der Waals surface area contributed by atoms with Gasteiger partial charge in [-0.1, -0.05) is 97.1 Å². The second-order valence-corrected chi connectivity index (χ2v) is 9.45. The SMILES string of the molecule is Cc1cc(C)cc(C(C(=O)NC2CCCCC2)N(Cc2ccccc2)C(=O)c2ccccc2)c1. The first-order chi connectivity index (χ1) is 16.5. The summed E-state index contributed by atoms with van der Waals surface area (Å²) >= 11 is 0. The third kappa shape index (κ3) is 5.93. The van der Waals surface area contributed by atoms with Crippen molar-refractivity contribution in [1.29, 1.82) is 0 Å². The number of amides is 2. The van der Waals surface area contributed by atoms with Crippen molar-refractivity contribution in [3.63, 3.8) is 0 Å². The molecule has 4 heteroatoms. The molecule has 0 bridgehead atoms. The van der Waals surface area contributed by atoms with Gasteiger partial charge in [-0.25, -0.2) is 0 Å². The summed E-state index contributed by atoms with van der Waals surface area (Å²) < 4.78 is 0. The first kappa shape index (κ1) is 23.7. The van der Waals surface area contributed by atoms with Gasteiger partial charge in [0.1, 0.15) is 6.04 Å². The van der Waals surface area contributed by atoms with E-state index in [-0.39, 0.29) is 17.9 Å². The minimum atomic E-state index is -0.714. The van der Waals surface area contributed by atoms with Crippen LogP contribution in [0.3, 0.4) is 0 Å². The van der Waals surface area contributed by atoms with E-state index in [1.807, 2.05) is 86.6 Å². The van der Waals surface area contributed by atoms with E-state index in [1.54, 1.807) is 4.90 Å². The Hall–Kier alpha value is -3.40. The second-order valence-electron chi connectivity index (χ2n) is 9.45. The van der Waals surface area contributed by atoms with Crippen LogP contribution in [0.2, 0.25) is 0 Å². The van der Waals surface area contributed by atoms with E-state index in [0.29, 0.717) is 12.1 Å². The van der Waals surface area contributed by atoms with Gasteiger partial charge in [-0.05, 0) is 49.9 Å². The van der Waals surface area contributed by atoms with Crippen molar-refractivity contribution < 1.29 is 9.59 Å². The van der Waals surface area contributed by atoms with E-state index in [0.717, 1.165) is 47.9 Å². The quantitative estimate of drug-likeness (QED) is 0.466. The van der Waals surface area contributed by atoms with Crippen LogP contribution in [0.25, 0.3) is 0 Å². The zero-order chi connectivity index (χ0) is 23.9. The molecule has 1 aliphatic carbocycles. The Kier molecular flexibility index (Phi) is 7.79. The van der Waals surface area contributed by atoms with Crippen molar-refractivity contribution in [2.45, 2.75) is 64.6 Å². The molecule has 1 aliphatic rings. The van der Waals surface area contributed by atoms with Crippen LogP contribution < -0.4 is 5.32 Å². The molecule has 0 spiro atoms. The number of hydrogen-bond donors (Lipinski definition) is 1. The standard InChI is InChI=1S/C30H34N2O2/c1-22-18-23(2)20-26(19-22)28(29(33)31-27-16-10-5-11-17-27)32(21-24-12-6-3-7-13-24)30(34)25-14-8-4-9-15-25/h3-4,6-9,12-15,18-20,27-28H,5,10-11,16-17,21H2,1-2H3,(H,31,33). The third-order valence-electron chi connectivity index (χ3n) is 6.55. The predicted molar refractivity (Wildman–Crippen MR) is 136 cm³/mol. The lowest BCUT2D eigenvalue weighted by Crippen LogP contribution is -2.47. The van der Waals surface area contributed by atoms with E-state index in [9.17, 15) is 9.59 Å². The van der Waals surface area contributed by atoms with Crippen LogP contribution in [0.4, 0.5) is 0 Å². The van der Waals surface area contributed by atoms with E-state index in [4.69, 9.17) is 0 Å². The molecule has 1 atom stereocenters. The van der Waals surface area contributed by atoms with E-state index in [1.165, 1.54) is 6.42 Å². The van der Waals surface area contributed by atoms with Gasteiger partial charge in [0.15, 0.2) is 0 Å². The Morgan fingerprint density at radius 2 is 1.44 bits per heavy atom. The molecule has 0 aliphatic heterocycles. The van der Waals surface area contributed by atoms with E-state index in [2.05, 4.69) is 11.4 Å². The Morgan fingerprint density at radius 3 is 2.06 bits per heavy atom. The molecular formula is C30H34N2O2. The molecule has 0 aromatic heterocycles. The van der Waals surface area contributed by atoms with Gasteiger partial charge in [0.05, 0.1) is 0 Å². The predicted octanol–water partition coefficient (Wildman–Crippen LogP) is 6.14. The highest BCUT2D eigenvalue weighted by molar-refractivity contribution is 5.98. The lowest BCUT2D eigenvalue weighted by Gasteiger charge is -2.34. The molecule has 1 unspecified atom stereocenters. The van der Waals surface area contributed by atoms with Crippen molar-refractivity contribution >= 4 is 11.8 Å². The molecule has 1 N–H and O–H groups in total. The summed E-state index contributed by atoms with van der Waals surface area (Å²) in [5, 5.41) is 3.30. The Bertz CT molecular complexity index is 1080. The molecule has 1 saturated carbocycles. The van der Waals surface area contributed by atoms with E-state index >= 15 is 0 Å². The Labute approximate surface area is 203 Å². The molecule has 34 heavy (non-hydrogen) atoms. The van der Waals surface area contributed by atoms with E-state index < -0.39 is 6.04 Å². The number of carbonyl (C=O) groups excluding carboxylic acids is 2. The van der Waals surface area contributed by atoms with Crippen LogP contribution in [0.5, 0.6) is 0 Å². The average molecular weight is 455 g/mol. The van der Waals surface area contributed by atoms with Gasteiger partial charge in [-0.15, -0.1) is 0 Å². The molecule has 4 nitrogen and oxygen atoms in total. The fraction of sp³-hybridized carbons (Fsp3) is 0.333. The van der Waals surface area contributed by atoms with Gasteiger partial charge in [0, 0.05) is 18.2 Å². The summed E-state index contributed by atoms with van der Waals surface area (Å²) in [5.41, 5.74) is 4.59. The molecule has 3 aromatic rings. The molecule has 1 fully saturated rings. The molecular weight excluding hydrogens is 420 g/mol. The van der Waals surface area contributed by atoms with Gasteiger partial charge in [-0.2, -0.15) is 0 Å². The second kappa shape index (κ2) is 11.1. The maximum Gasteiger partial charge on any atom is 0.255 e. The summed E-state index contributed by atoms with van der Waals surface area (Å²) in [7, 11) is 0. The van der Waals surface area contributed by atoms with Crippen molar-refractivity contribution in [2.24, 2.45) is 0 Å². The molecule has 4 rings (SSSR count). The highest BCUT2D eigenvalue weighted by Gasteiger charge is 2.33. The van der Waals surface area contributed by atoms with Crippen LogP contribution in [-0.4, -0.2) is 22.8 Å². The summed E-state index contributed by atoms with van der Waals surface area (Å²) in [6.07, 6.45) is 5.48. The number of carbonyl (C=O) groups is 2. The van der Waals surface area contributed by atoms with Gasteiger partial charge in [-0.3, -0.25) is 9.59 Å². The van der Waals surface area contributed by atoms with Gasteiger partial charge in [0.25, 0.3) is 5.91 Å². The van der Waals surface area contributed by atoms with Crippen LogP contribution in [0.1, 0.15) is 70.8 Å². The van der Waals surface area contributed by atoms with Gasteiger partial charge in [0.2, 0.25) is 5.91 Å². The van der Waals surface area contributed by atoms with Crippen LogP contribution in [0.15, 0.2) is 78.9 Å². The van der Waals surface area contributed by atoms with Crippen LogP contribution in [-0.2, 0) is 11.3 Å². The van der Waals surface area contributed by atoms with Crippen LogP contribution in [0, 0.1) is 13.8 Å². The molecule has 3 aromatic carbocycles. The minimum absolute atomic E-state index is 0.0999. The molecule has 0 saturated heterocycles. The number of aryl methyl sites for hydroxylation is 2. The largest absolute Gasteiger partial charge is 0.351 e. The maximum absolute atomic E-state index is 13.9. The summed E-state index contributed by atoms with van der Waals surface area (Å²) in [5.74, 6) is -0.246. The van der Waals surface area contributed by atoms with Crippen molar-refractivity contribution in [2.75, 3.05) is 0 Å². The first-order valence-corrected chi connectivity index (χ1v) is 12.3. The number of nitrogens with zero attached hydrogens (tertiary/aromatic N) is 1. The lowest BCUT2D eigenvalue weighted by atomic mass is 9.94. The average Bonchev–Trinajstić information content (AvgIpc) is 2.84. The third-order valence-corrected chi connectivity index (χ3v) is 6.55. The fourth-order valence-electron chi connectivity index (χ4n) is 4.97. The molecule has 2 amide bonds. The Balaban J connectivity index is 1.76. The molecule has 0 heterocycles. The highest BCUT2D eigenvalue weighted by atomic mass is 16.2. The zero-order valence-electron chi connectivity index (χ0n) is 20.2. The summed E-state index contributed by atoms with van der Waals surface area (Å²) in [6, 6.07) is 24.8. The van der Waals surface area contributed by atoms with Gasteiger partial charge < -0.3 is 10.2 Å². The highest BCUT2D eigenvalue weighted by Crippen LogP contribution is 2.29. The van der Waals surface area contributed by atoms with Crippen molar-refractivity contribution in [3.05, 3.63) is 107 Å². The first-order valence-electron chi connectivity index (χ1n) is 12.3. The van der Waals surface area contributed by atoms with Crippen molar-refractivity contribution in [3.8, 4) is 0 Å². The molecule has 0 radical (unpaired) electrons. The number of rotatable bonds is 7. The number of nitrogens with one attached hydrogen (secondary N) is 1. The minimum Gasteiger partial charge on any atom is -0.351 e. The van der Waals surface area contributed by atoms with Crippen LogP contribution >= 0.6 is 0 Å². The number of hydrogen-bond acceptors (Lipinski definition) is 2. The normalized spacial score (nSPS) is 14.9. The lowest BCUT2D eigenvalue weighted by molar-refractivity contribution is -0.127. The summed E-state index contributed by atoms with van der Waals surface area (Å²) in [4.78, 5) is 29.5. The monoisotopic (exact) mass is 454 g/mol. The number of benzene rings is 3. The maximum atomic E-state index is 13.9. The Morgan fingerprint density at radius 1 is 0.853 bits per heavy atom. The topological polar surface area (TPSA) is 49.4 Å². The summed E-state index contributed by atoms with van der Waals surface area (Å²) in [6.45, 7) is 4.42. The fourth-order valence-corrected chi connectivity index (χ4v) is 4.97. The van der Waals surface area contributed by atoms with Gasteiger partial charge >= 0.3 is 0 Å².